The summed E-state index contributed by atoms with van der Waals surface area (Å²) in [7, 11) is 0. The van der Waals surface area contributed by atoms with Gasteiger partial charge in [0.25, 0.3) is 0 Å². The highest BCUT2D eigenvalue weighted by molar-refractivity contribution is 5.00. The van der Waals surface area contributed by atoms with Crippen molar-refractivity contribution in [1.82, 2.24) is 0 Å². The van der Waals surface area contributed by atoms with Crippen LogP contribution in [-0.4, -0.2) is 11.2 Å². The summed E-state index contributed by atoms with van der Waals surface area (Å²) in [5.41, 5.74) is 1.33. The van der Waals surface area contributed by atoms with Gasteiger partial charge < -0.3 is 5.11 Å². The van der Waals surface area contributed by atoms with Gasteiger partial charge in [0.15, 0.2) is 0 Å². The van der Waals surface area contributed by atoms with Crippen molar-refractivity contribution in [2.24, 2.45) is 17.8 Å². The average Bonchev–Trinajstić information content (AvgIpc) is 2.37. The van der Waals surface area contributed by atoms with Crippen molar-refractivity contribution in [3.8, 4) is 0 Å². The van der Waals surface area contributed by atoms with Gasteiger partial charge in [-0.05, 0) is 44.4 Å². The molecule has 0 rings (SSSR count). The van der Waals surface area contributed by atoms with E-state index < -0.39 is 0 Å². The third kappa shape index (κ3) is 14.6. The van der Waals surface area contributed by atoms with Gasteiger partial charge in [0, 0.05) is 0 Å². The molecule has 0 aromatic carbocycles. The van der Waals surface area contributed by atoms with Crippen LogP contribution in [0.25, 0.3) is 0 Å². The predicted octanol–water partition coefficient (Wildman–Crippen LogP) is 6.75. The number of hydrogen-bond acceptors (Lipinski definition) is 1. The third-order valence-corrected chi connectivity index (χ3v) is 4.67. The second kappa shape index (κ2) is 13.2. The molecule has 0 saturated carbocycles. The van der Waals surface area contributed by atoms with Crippen LogP contribution >= 0.6 is 0 Å². The molecular formula is C21H42O. The Balaban J connectivity index is 3.58. The normalized spacial score (nSPS) is 16.8. The fourth-order valence-electron chi connectivity index (χ4n) is 3.20. The molecule has 0 aromatic heterocycles. The molecule has 0 bridgehead atoms. The van der Waals surface area contributed by atoms with Gasteiger partial charge in [-0.1, -0.05) is 84.3 Å². The molecule has 0 spiro atoms. The van der Waals surface area contributed by atoms with Crippen molar-refractivity contribution >= 4 is 0 Å². The van der Waals surface area contributed by atoms with Crippen LogP contribution in [0.3, 0.4) is 0 Å². The smallest absolute Gasteiger partial charge is 0.0695 e. The maximum absolute atomic E-state index is 9.31. The number of hydrogen-bond donors (Lipinski definition) is 1. The molecule has 0 amide bonds. The Labute approximate surface area is 140 Å². The fourth-order valence-corrected chi connectivity index (χ4v) is 3.20. The first-order chi connectivity index (χ1) is 10.3. The Morgan fingerprint density at radius 1 is 0.773 bits per heavy atom. The first-order valence-corrected chi connectivity index (χ1v) is 9.66. The topological polar surface area (TPSA) is 20.2 Å². The van der Waals surface area contributed by atoms with Gasteiger partial charge in [-0.3, -0.25) is 0 Å². The highest BCUT2D eigenvalue weighted by Crippen LogP contribution is 2.22. The van der Waals surface area contributed by atoms with Crippen LogP contribution in [0.1, 0.15) is 99.3 Å². The molecule has 0 radical (unpaired) electrons. The minimum absolute atomic E-state index is 0.297. The Morgan fingerprint density at radius 2 is 1.23 bits per heavy atom. The van der Waals surface area contributed by atoms with E-state index in [1.54, 1.807) is 0 Å². The van der Waals surface area contributed by atoms with Crippen molar-refractivity contribution in [1.29, 1.82) is 0 Å². The quantitative estimate of drug-likeness (QED) is 0.373. The van der Waals surface area contributed by atoms with Gasteiger partial charge in [-0.15, -0.1) is 0 Å². The number of aliphatic hydroxyl groups is 1. The molecule has 132 valence electrons. The SMILES string of the molecule is CC(=CC(C)O)CCCC(C)CCCC(C)CCCC(C)C. The molecule has 1 N–H and O–H groups in total. The summed E-state index contributed by atoms with van der Waals surface area (Å²) in [5, 5.41) is 9.31. The van der Waals surface area contributed by atoms with E-state index in [9.17, 15) is 5.11 Å². The van der Waals surface area contributed by atoms with E-state index >= 15 is 0 Å². The second-order valence-corrected chi connectivity index (χ2v) is 8.11. The van der Waals surface area contributed by atoms with Gasteiger partial charge >= 0.3 is 0 Å². The summed E-state index contributed by atoms with van der Waals surface area (Å²) in [6.45, 7) is 13.4. The van der Waals surface area contributed by atoms with E-state index in [1.807, 2.05) is 13.0 Å². The lowest BCUT2D eigenvalue weighted by Gasteiger charge is -2.15. The summed E-state index contributed by atoms with van der Waals surface area (Å²) < 4.78 is 0. The third-order valence-electron chi connectivity index (χ3n) is 4.67. The zero-order chi connectivity index (χ0) is 17.0. The van der Waals surface area contributed by atoms with Crippen LogP contribution in [0, 0.1) is 17.8 Å². The van der Waals surface area contributed by atoms with Crippen molar-refractivity contribution in [2.75, 3.05) is 0 Å². The van der Waals surface area contributed by atoms with Gasteiger partial charge in [0.05, 0.1) is 6.10 Å². The molecule has 22 heavy (non-hydrogen) atoms. The Hall–Kier alpha value is -0.300. The van der Waals surface area contributed by atoms with E-state index in [0.717, 1.165) is 24.2 Å². The van der Waals surface area contributed by atoms with Crippen molar-refractivity contribution in [2.45, 2.75) is 105 Å². The molecule has 1 nitrogen and oxygen atoms in total. The minimum atomic E-state index is -0.297. The van der Waals surface area contributed by atoms with Crippen LogP contribution in [0.4, 0.5) is 0 Å². The zero-order valence-corrected chi connectivity index (χ0v) is 16.2. The average molecular weight is 311 g/mol. The van der Waals surface area contributed by atoms with E-state index in [1.165, 1.54) is 56.9 Å². The maximum Gasteiger partial charge on any atom is 0.0695 e. The monoisotopic (exact) mass is 310 g/mol. The molecule has 0 aliphatic heterocycles. The van der Waals surface area contributed by atoms with E-state index in [4.69, 9.17) is 0 Å². The summed E-state index contributed by atoms with van der Waals surface area (Å²) >= 11 is 0. The molecule has 0 heterocycles. The summed E-state index contributed by atoms with van der Waals surface area (Å²) in [4.78, 5) is 0. The number of aliphatic hydroxyl groups excluding tert-OH is 1. The zero-order valence-electron chi connectivity index (χ0n) is 16.2. The van der Waals surface area contributed by atoms with E-state index in [-0.39, 0.29) is 6.10 Å². The first-order valence-electron chi connectivity index (χ1n) is 9.66. The molecule has 0 aliphatic rings. The van der Waals surface area contributed by atoms with Crippen LogP contribution < -0.4 is 0 Å². The lowest BCUT2D eigenvalue weighted by atomic mass is 9.91. The van der Waals surface area contributed by atoms with E-state index in [2.05, 4.69) is 34.6 Å². The van der Waals surface area contributed by atoms with Crippen molar-refractivity contribution < 1.29 is 5.11 Å². The number of rotatable bonds is 13. The summed E-state index contributed by atoms with van der Waals surface area (Å²) in [6, 6.07) is 0. The predicted molar refractivity (Wildman–Crippen MR) is 100 cm³/mol. The number of allylic oxidation sites excluding steroid dienone is 1. The molecule has 0 fully saturated rings. The molecule has 1 heteroatoms. The van der Waals surface area contributed by atoms with Crippen LogP contribution in [-0.2, 0) is 0 Å². The fraction of sp³-hybridized carbons (Fsp3) is 0.905. The van der Waals surface area contributed by atoms with Gasteiger partial charge in [0.1, 0.15) is 0 Å². The van der Waals surface area contributed by atoms with Crippen LogP contribution in [0.2, 0.25) is 0 Å². The van der Waals surface area contributed by atoms with Gasteiger partial charge in [0.2, 0.25) is 0 Å². The standard InChI is InChI=1S/C21H42O/c1-17(2)10-7-11-18(3)12-8-13-19(4)14-9-15-20(5)16-21(6)22/h16-19,21-22H,7-15H2,1-6H3. The molecular weight excluding hydrogens is 268 g/mol. The highest BCUT2D eigenvalue weighted by atomic mass is 16.3. The Kier molecular flexibility index (Phi) is 13.0. The molecule has 3 unspecified atom stereocenters. The minimum Gasteiger partial charge on any atom is -0.389 e. The molecule has 0 aliphatic carbocycles. The van der Waals surface area contributed by atoms with Crippen LogP contribution in [0.15, 0.2) is 11.6 Å². The molecule has 3 atom stereocenters. The summed E-state index contributed by atoms with van der Waals surface area (Å²) in [5.74, 6) is 2.61. The van der Waals surface area contributed by atoms with Crippen molar-refractivity contribution in [3.05, 3.63) is 11.6 Å². The van der Waals surface area contributed by atoms with E-state index in [0.29, 0.717) is 0 Å². The van der Waals surface area contributed by atoms with Crippen LogP contribution in [0.5, 0.6) is 0 Å². The molecule has 0 saturated heterocycles. The van der Waals surface area contributed by atoms with Gasteiger partial charge in [-0.25, -0.2) is 0 Å². The first kappa shape index (κ1) is 21.7. The van der Waals surface area contributed by atoms with Crippen molar-refractivity contribution in [3.63, 3.8) is 0 Å². The largest absolute Gasteiger partial charge is 0.389 e. The molecule has 0 aromatic rings. The second-order valence-electron chi connectivity index (χ2n) is 8.11. The summed E-state index contributed by atoms with van der Waals surface area (Å²) in [6.07, 6.45) is 13.8. The maximum atomic E-state index is 9.31. The van der Waals surface area contributed by atoms with Gasteiger partial charge in [-0.2, -0.15) is 0 Å². The Morgan fingerprint density at radius 3 is 1.68 bits per heavy atom. The Bertz CT molecular complexity index is 278. The lowest BCUT2D eigenvalue weighted by Crippen LogP contribution is -2.00. The highest BCUT2D eigenvalue weighted by Gasteiger charge is 2.06. The lowest BCUT2D eigenvalue weighted by molar-refractivity contribution is 0.243.